The summed E-state index contributed by atoms with van der Waals surface area (Å²) < 4.78 is 16.7. The summed E-state index contributed by atoms with van der Waals surface area (Å²) in [5, 5.41) is 0. The fraction of sp³-hybridized carbons (Fsp3) is 0. The lowest BCUT2D eigenvalue weighted by Crippen LogP contribution is -1.07. The Morgan fingerprint density at radius 2 is 1.75 bits per heavy atom. The Bertz CT molecular complexity index is 41.2. The van der Waals surface area contributed by atoms with E-state index in [9.17, 15) is 4.57 Å². The molecule has 0 aromatic carbocycles. The summed E-state index contributed by atoms with van der Waals surface area (Å²) in [6.07, 6.45) is 0. The van der Waals surface area contributed by atoms with E-state index >= 15 is 0 Å². The first-order chi connectivity index (χ1) is 1.89. The van der Waals surface area contributed by atoms with Crippen LogP contribution in [-0.4, -0.2) is 0 Å². The molecule has 1 aliphatic rings. The topological polar surface area (TPSA) is 42.1 Å². The van der Waals surface area contributed by atoms with Crippen LogP contribution in [0.5, 0.6) is 0 Å². The normalized spacial score (nSPS) is 21.5. The van der Waals surface area contributed by atoms with E-state index in [1.165, 1.54) is 0 Å². The molecule has 0 aromatic rings. The van der Waals surface area contributed by atoms with Crippen LogP contribution in [0.3, 0.4) is 0 Å². The molecule has 4 heteroatoms. The Kier molecular flexibility index (Phi) is 0.277. The largest absolute Gasteiger partial charge is 0.428 e. The molecule has 1 rings (SSSR count). The first kappa shape index (κ1) is 2.27. The molecule has 0 aromatic heterocycles. The van der Waals surface area contributed by atoms with Crippen molar-refractivity contribution in [1.29, 1.82) is 0 Å². The molecule has 0 saturated carbocycles. The zero-order valence-corrected chi connectivity index (χ0v) is 2.57. The highest BCUT2D eigenvalue weighted by Crippen LogP contribution is 2.41. The lowest BCUT2D eigenvalue weighted by atomic mass is 15.0. The van der Waals surface area contributed by atoms with Crippen LogP contribution in [0.15, 0.2) is 0 Å². The summed E-state index contributed by atoms with van der Waals surface area (Å²) in [4.78, 5) is 0. The Balaban J connectivity index is 2.60. The molecule has 1 heterocycles. The molecule has 0 amide bonds. The van der Waals surface area contributed by atoms with Crippen LogP contribution in [0.25, 0.3) is 0 Å². The van der Waals surface area contributed by atoms with Crippen LogP contribution in [0.2, 0.25) is 0 Å². The van der Waals surface area contributed by atoms with Gasteiger partial charge in [0, 0.05) is 0 Å². The lowest BCUT2D eigenvalue weighted by Gasteiger charge is -1.12. The van der Waals surface area contributed by atoms with Gasteiger partial charge in [-0.15, -0.1) is 9.35 Å². The SMILES string of the molecule is O=[P]1OO1. The Morgan fingerprint density at radius 3 is 1.75 bits per heavy atom. The predicted molar refractivity (Wildman–Crippen MR) is 9.78 cm³/mol. The van der Waals surface area contributed by atoms with E-state index in [0.717, 1.165) is 0 Å². The quantitative estimate of drug-likeness (QED) is 0.242. The van der Waals surface area contributed by atoms with E-state index in [1.807, 2.05) is 0 Å². The summed E-state index contributed by atoms with van der Waals surface area (Å²) in [6, 6.07) is 0. The van der Waals surface area contributed by atoms with Crippen LogP contribution in [0.4, 0.5) is 0 Å². The fourth-order valence-corrected chi connectivity index (χ4v) is 0.122. The van der Waals surface area contributed by atoms with Gasteiger partial charge in [-0.2, -0.15) is 0 Å². The van der Waals surface area contributed by atoms with Crippen molar-refractivity contribution >= 4 is 8.25 Å². The third-order valence-corrected chi connectivity index (χ3v) is 0.406. The van der Waals surface area contributed by atoms with E-state index in [0.29, 0.717) is 0 Å². The molecule has 0 aliphatic carbocycles. The number of hydrogen-bond acceptors (Lipinski definition) is 3. The van der Waals surface area contributed by atoms with E-state index in [4.69, 9.17) is 0 Å². The first-order valence-corrected chi connectivity index (χ1v) is 1.81. The molecular formula is O3P. The molecule has 1 radical (unpaired) electrons. The zero-order chi connectivity index (χ0) is 2.99. The molecule has 0 spiro atoms. The monoisotopic (exact) mass is 79.0 g/mol. The zero-order valence-electron chi connectivity index (χ0n) is 1.67. The number of hydrogen-bond donors (Lipinski definition) is 0. The molecule has 0 bridgehead atoms. The van der Waals surface area contributed by atoms with Gasteiger partial charge in [0.15, 0.2) is 0 Å². The van der Waals surface area contributed by atoms with Crippen molar-refractivity contribution in [3.63, 3.8) is 0 Å². The number of rotatable bonds is 0. The van der Waals surface area contributed by atoms with Crippen molar-refractivity contribution < 1.29 is 13.9 Å². The Hall–Kier alpha value is 0.0200. The van der Waals surface area contributed by atoms with Crippen LogP contribution >= 0.6 is 8.25 Å². The second kappa shape index (κ2) is 0.489. The minimum absolute atomic E-state index is 1.62. The molecule has 23 valence electrons. The van der Waals surface area contributed by atoms with Gasteiger partial charge in [0.1, 0.15) is 0 Å². The van der Waals surface area contributed by atoms with Gasteiger partial charge >= 0.3 is 8.25 Å². The Labute approximate surface area is 23.4 Å². The van der Waals surface area contributed by atoms with Gasteiger partial charge in [-0.05, 0) is 0 Å². The molecule has 1 aliphatic heterocycles. The molecular weight excluding hydrogens is 79.0 g/mol. The summed E-state index contributed by atoms with van der Waals surface area (Å²) in [5.74, 6) is 0. The van der Waals surface area contributed by atoms with Crippen molar-refractivity contribution in [3.8, 4) is 0 Å². The van der Waals surface area contributed by atoms with Gasteiger partial charge < -0.3 is 0 Å². The molecule has 1 fully saturated rings. The van der Waals surface area contributed by atoms with Crippen molar-refractivity contribution in [2.45, 2.75) is 0 Å². The van der Waals surface area contributed by atoms with Crippen molar-refractivity contribution in [3.05, 3.63) is 0 Å². The summed E-state index contributed by atoms with van der Waals surface area (Å²) >= 11 is 0. The van der Waals surface area contributed by atoms with Gasteiger partial charge in [0.25, 0.3) is 0 Å². The summed E-state index contributed by atoms with van der Waals surface area (Å²) in [5.41, 5.74) is 0. The standard InChI is InChI=1S/O3P/c1-4-2-3-4. The maximum Gasteiger partial charge on any atom is 0.428 e. The smallest absolute Gasteiger partial charge is 0.217 e. The van der Waals surface area contributed by atoms with Gasteiger partial charge in [0.05, 0.1) is 0 Å². The summed E-state index contributed by atoms with van der Waals surface area (Å²) in [6.45, 7) is 0. The Morgan fingerprint density at radius 1 is 1.50 bits per heavy atom. The van der Waals surface area contributed by atoms with Crippen LogP contribution in [0, 0.1) is 0 Å². The van der Waals surface area contributed by atoms with E-state index < -0.39 is 8.25 Å². The van der Waals surface area contributed by atoms with E-state index in [1.54, 1.807) is 0 Å². The second-order valence-electron chi connectivity index (χ2n) is 0.373. The molecule has 3 nitrogen and oxygen atoms in total. The average molecular weight is 79.0 g/mol. The minimum atomic E-state index is -1.62. The van der Waals surface area contributed by atoms with Crippen LogP contribution in [-0.2, 0) is 13.9 Å². The van der Waals surface area contributed by atoms with Gasteiger partial charge in [-0.25, -0.2) is 4.57 Å². The molecule has 0 atom stereocenters. The van der Waals surface area contributed by atoms with Gasteiger partial charge in [-0.1, -0.05) is 0 Å². The average Bonchev–Trinajstić information content (AvgIpc) is 1.75. The van der Waals surface area contributed by atoms with Crippen LogP contribution < -0.4 is 0 Å². The predicted octanol–water partition coefficient (Wildman–Crippen LogP) is 0.606. The lowest BCUT2D eigenvalue weighted by molar-refractivity contribution is 0.0850. The maximum atomic E-state index is 9.26. The highest BCUT2D eigenvalue weighted by atomic mass is 31.1. The van der Waals surface area contributed by atoms with Crippen LogP contribution in [0.1, 0.15) is 0 Å². The van der Waals surface area contributed by atoms with Gasteiger partial charge in [0.2, 0.25) is 0 Å². The molecule has 4 heavy (non-hydrogen) atoms. The summed E-state index contributed by atoms with van der Waals surface area (Å²) in [7, 11) is -1.62. The maximum absolute atomic E-state index is 9.26. The van der Waals surface area contributed by atoms with Crippen molar-refractivity contribution in [2.24, 2.45) is 0 Å². The third-order valence-electron chi connectivity index (χ3n) is 0.135. The molecule has 0 unspecified atom stereocenters. The van der Waals surface area contributed by atoms with Crippen molar-refractivity contribution in [2.75, 3.05) is 0 Å². The van der Waals surface area contributed by atoms with E-state index in [-0.39, 0.29) is 0 Å². The highest BCUT2D eigenvalue weighted by molar-refractivity contribution is 7.37. The van der Waals surface area contributed by atoms with Crippen molar-refractivity contribution in [1.82, 2.24) is 0 Å². The van der Waals surface area contributed by atoms with E-state index in [2.05, 4.69) is 9.35 Å². The highest BCUT2D eigenvalue weighted by Gasteiger charge is 2.19. The van der Waals surface area contributed by atoms with Gasteiger partial charge in [-0.3, -0.25) is 0 Å². The fourth-order valence-electron chi connectivity index (χ4n) is 0.0136. The molecule has 0 N–H and O–H groups in total. The molecule has 1 saturated heterocycles. The minimum Gasteiger partial charge on any atom is -0.217 e. The second-order valence-corrected chi connectivity index (χ2v) is 1.12. The first-order valence-electron chi connectivity index (χ1n) is 0.714. The third kappa shape index (κ3) is 0.230.